The normalized spacial score (nSPS) is 15.0. The van der Waals surface area contributed by atoms with Crippen molar-refractivity contribution in [3.8, 4) is 0 Å². The van der Waals surface area contributed by atoms with E-state index in [1.54, 1.807) is 11.3 Å². The van der Waals surface area contributed by atoms with Crippen LogP contribution in [-0.2, 0) is 0 Å². The fourth-order valence-electron chi connectivity index (χ4n) is 1.65. The van der Waals surface area contributed by atoms with Crippen LogP contribution in [0.1, 0.15) is 12.8 Å². The van der Waals surface area contributed by atoms with Gasteiger partial charge in [0.05, 0.1) is 5.69 Å². The van der Waals surface area contributed by atoms with Gasteiger partial charge in [-0.05, 0) is 18.9 Å². The molecule has 1 aliphatic carbocycles. The fourth-order valence-corrected chi connectivity index (χ4v) is 2.54. The van der Waals surface area contributed by atoms with E-state index in [2.05, 4.69) is 16.7 Å². The molecule has 2 aromatic rings. The van der Waals surface area contributed by atoms with Crippen LogP contribution in [0.4, 0.5) is 10.5 Å². The number of thiophene rings is 1. The fraction of sp³-hybridized carbons (Fsp3) is 0.250. The first-order chi connectivity index (χ1) is 7.83. The quantitative estimate of drug-likeness (QED) is 0.820. The van der Waals surface area contributed by atoms with Crippen LogP contribution in [0.5, 0.6) is 0 Å². The molecule has 2 N–H and O–H groups in total. The van der Waals surface area contributed by atoms with Gasteiger partial charge in [-0.15, -0.1) is 11.3 Å². The second-order valence-corrected chi connectivity index (χ2v) is 4.93. The highest BCUT2D eigenvalue weighted by atomic mass is 32.1. The summed E-state index contributed by atoms with van der Waals surface area (Å²) in [4.78, 5) is 11.6. The van der Waals surface area contributed by atoms with Gasteiger partial charge in [-0.25, -0.2) is 4.79 Å². The predicted octanol–water partition coefficient (Wildman–Crippen LogP) is 3.19. The molecule has 1 aromatic carbocycles. The smallest absolute Gasteiger partial charge is 0.319 e. The summed E-state index contributed by atoms with van der Waals surface area (Å²) in [7, 11) is 0. The topological polar surface area (TPSA) is 41.1 Å². The average molecular weight is 232 g/mol. The van der Waals surface area contributed by atoms with Crippen LogP contribution in [0.15, 0.2) is 29.6 Å². The third-order valence-electron chi connectivity index (χ3n) is 2.64. The molecule has 1 aromatic heterocycles. The first kappa shape index (κ1) is 9.66. The third kappa shape index (κ3) is 1.88. The largest absolute Gasteiger partial charge is 0.335 e. The molecule has 0 atom stereocenters. The Hall–Kier alpha value is -1.55. The van der Waals surface area contributed by atoms with Gasteiger partial charge in [-0.1, -0.05) is 18.2 Å². The molecule has 3 rings (SSSR count). The molecule has 16 heavy (non-hydrogen) atoms. The van der Waals surface area contributed by atoms with Crippen LogP contribution in [0.3, 0.4) is 0 Å². The highest BCUT2D eigenvalue weighted by molar-refractivity contribution is 7.17. The van der Waals surface area contributed by atoms with E-state index in [9.17, 15) is 4.79 Å². The first-order valence-electron chi connectivity index (χ1n) is 5.37. The number of anilines is 1. The highest BCUT2D eigenvalue weighted by Crippen LogP contribution is 2.29. The van der Waals surface area contributed by atoms with E-state index in [0.717, 1.165) is 23.9 Å². The Morgan fingerprint density at radius 2 is 2.12 bits per heavy atom. The SMILES string of the molecule is O=C(Nc1csc2ccccc12)NC1CC1. The number of rotatable bonds is 2. The Morgan fingerprint density at radius 3 is 2.94 bits per heavy atom. The monoisotopic (exact) mass is 232 g/mol. The summed E-state index contributed by atoms with van der Waals surface area (Å²) < 4.78 is 1.20. The standard InChI is InChI=1S/C12H12N2OS/c15-12(13-8-5-6-8)14-10-7-16-11-4-2-1-3-9(10)11/h1-4,7-8H,5-6H2,(H2,13,14,15). The van der Waals surface area contributed by atoms with E-state index in [1.807, 2.05) is 23.6 Å². The van der Waals surface area contributed by atoms with Crippen LogP contribution in [0.25, 0.3) is 10.1 Å². The van der Waals surface area contributed by atoms with Gasteiger partial charge >= 0.3 is 6.03 Å². The van der Waals surface area contributed by atoms with Gasteiger partial charge in [-0.3, -0.25) is 0 Å². The van der Waals surface area contributed by atoms with Gasteiger partial charge in [0.2, 0.25) is 0 Å². The number of hydrogen-bond donors (Lipinski definition) is 2. The number of benzene rings is 1. The molecule has 0 aliphatic heterocycles. The maximum atomic E-state index is 11.6. The van der Waals surface area contributed by atoms with Crippen LogP contribution in [-0.4, -0.2) is 12.1 Å². The van der Waals surface area contributed by atoms with Crippen molar-refractivity contribution >= 4 is 33.1 Å². The van der Waals surface area contributed by atoms with Crippen LogP contribution >= 0.6 is 11.3 Å². The molecule has 1 saturated carbocycles. The Bertz CT molecular complexity index is 531. The van der Waals surface area contributed by atoms with Crippen molar-refractivity contribution in [2.75, 3.05) is 5.32 Å². The van der Waals surface area contributed by atoms with Gasteiger partial charge < -0.3 is 10.6 Å². The zero-order chi connectivity index (χ0) is 11.0. The Labute approximate surface area is 97.5 Å². The van der Waals surface area contributed by atoms with Crippen molar-refractivity contribution in [1.29, 1.82) is 0 Å². The lowest BCUT2D eigenvalue weighted by Crippen LogP contribution is -2.30. The Kier molecular flexibility index (Phi) is 2.29. The minimum absolute atomic E-state index is 0.0916. The van der Waals surface area contributed by atoms with Crippen molar-refractivity contribution in [3.05, 3.63) is 29.6 Å². The molecule has 2 amide bonds. The summed E-state index contributed by atoms with van der Waals surface area (Å²) in [6.45, 7) is 0. The van der Waals surface area contributed by atoms with Gasteiger partial charge in [0.25, 0.3) is 0 Å². The van der Waals surface area contributed by atoms with Crippen molar-refractivity contribution < 1.29 is 4.79 Å². The molecule has 1 aliphatic rings. The predicted molar refractivity (Wildman–Crippen MR) is 67.0 cm³/mol. The highest BCUT2D eigenvalue weighted by Gasteiger charge is 2.23. The molecule has 1 heterocycles. The number of carbonyl (C=O) groups excluding carboxylic acids is 1. The number of amides is 2. The lowest BCUT2D eigenvalue weighted by molar-refractivity contribution is 0.252. The molecule has 3 nitrogen and oxygen atoms in total. The molecular weight excluding hydrogens is 220 g/mol. The number of nitrogens with one attached hydrogen (secondary N) is 2. The van der Waals surface area contributed by atoms with Crippen LogP contribution in [0.2, 0.25) is 0 Å². The number of hydrogen-bond acceptors (Lipinski definition) is 2. The summed E-state index contributed by atoms with van der Waals surface area (Å²) in [6, 6.07) is 8.38. The van der Waals surface area contributed by atoms with Crippen LogP contribution in [0, 0.1) is 0 Å². The average Bonchev–Trinajstić information content (AvgIpc) is 3.00. The van der Waals surface area contributed by atoms with Crippen molar-refractivity contribution in [2.45, 2.75) is 18.9 Å². The second kappa shape index (κ2) is 3.79. The Morgan fingerprint density at radius 1 is 1.31 bits per heavy atom. The van der Waals surface area contributed by atoms with E-state index in [0.29, 0.717) is 6.04 Å². The maximum Gasteiger partial charge on any atom is 0.319 e. The molecule has 0 radical (unpaired) electrons. The van der Waals surface area contributed by atoms with Crippen LogP contribution < -0.4 is 10.6 Å². The van der Waals surface area contributed by atoms with Gasteiger partial charge in [-0.2, -0.15) is 0 Å². The number of urea groups is 1. The van der Waals surface area contributed by atoms with E-state index in [1.165, 1.54) is 4.70 Å². The third-order valence-corrected chi connectivity index (χ3v) is 3.61. The summed E-state index contributed by atoms with van der Waals surface area (Å²) in [6.07, 6.45) is 2.22. The number of fused-ring (bicyclic) bond motifs is 1. The van der Waals surface area contributed by atoms with E-state index in [-0.39, 0.29) is 6.03 Å². The number of carbonyl (C=O) groups is 1. The zero-order valence-corrected chi connectivity index (χ0v) is 9.51. The van der Waals surface area contributed by atoms with Crippen molar-refractivity contribution in [2.24, 2.45) is 0 Å². The molecule has 0 unspecified atom stereocenters. The van der Waals surface area contributed by atoms with E-state index in [4.69, 9.17) is 0 Å². The summed E-state index contributed by atoms with van der Waals surface area (Å²) >= 11 is 1.65. The maximum absolute atomic E-state index is 11.6. The molecule has 0 spiro atoms. The van der Waals surface area contributed by atoms with Crippen molar-refractivity contribution in [1.82, 2.24) is 5.32 Å². The minimum Gasteiger partial charge on any atom is -0.335 e. The lowest BCUT2D eigenvalue weighted by Gasteiger charge is -2.04. The lowest BCUT2D eigenvalue weighted by atomic mass is 10.2. The first-order valence-corrected chi connectivity index (χ1v) is 6.24. The molecule has 1 fully saturated rings. The molecular formula is C12H12N2OS. The van der Waals surface area contributed by atoms with Crippen molar-refractivity contribution in [3.63, 3.8) is 0 Å². The van der Waals surface area contributed by atoms with Gasteiger partial charge in [0.1, 0.15) is 0 Å². The van der Waals surface area contributed by atoms with E-state index < -0.39 is 0 Å². The molecule has 4 heteroatoms. The minimum atomic E-state index is -0.0916. The molecule has 0 bridgehead atoms. The van der Waals surface area contributed by atoms with Gasteiger partial charge in [0, 0.05) is 21.5 Å². The molecule has 0 saturated heterocycles. The zero-order valence-electron chi connectivity index (χ0n) is 8.69. The second-order valence-electron chi connectivity index (χ2n) is 4.02. The Balaban J connectivity index is 1.80. The summed E-state index contributed by atoms with van der Waals surface area (Å²) in [5.41, 5.74) is 0.902. The summed E-state index contributed by atoms with van der Waals surface area (Å²) in [5, 5.41) is 8.90. The van der Waals surface area contributed by atoms with E-state index >= 15 is 0 Å². The molecule has 82 valence electrons. The summed E-state index contributed by atoms with van der Waals surface area (Å²) in [5.74, 6) is 0. The van der Waals surface area contributed by atoms with Gasteiger partial charge in [0.15, 0.2) is 0 Å².